The van der Waals surface area contributed by atoms with Gasteiger partial charge in [0.1, 0.15) is 5.75 Å². The van der Waals surface area contributed by atoms with E-state index >= 15 is 0 Å². The molecule has 1 atom stereocenters. The van der Waals surface area contributed by atoms with Crippen molar-refractivity contribution in [2.45, 2.75) is 26.3 Å². The zero-order chi connectivity index (χ0) is 14.6. The van der Waals surface area contributed by atoms with Gasteiger partial charge in [0.2, 0.25) is 0 Å². The van der Waals surface area contributed by atoms with Crippen LogP contribution in [0.25, 0.3) is 0 Å². The molecule has 1 rings (SSSR count). The molecule has 0 aromatic carbocycles. The Morgan fingerprint density at radius 2 is 2.05 bits per heavy atom. The molecule has 1 aromatic rings. The van der Waals surface area contributed by atoms with Crippen LogP contribution in [0, 0.1) is 5.92 Å². The Morgan fingerprint density at radius 1 is 1.42 bits per heavy atom. The molecule has 0 saturated heterocycles. The Morgan fingerprint density at radius 3 is 2.53 bits per heavy atom. The third kappa shape index (κ3) is 4.13. The van der Waals surface area contributed by atoms with Gasteiger partial charge in [-0.3, -0.25) is 14.4 Å². The molecule has 0 aliphatic heterocycles. The van der Waals surface area contributed by atoms with E-state index in [0.29, 0.717) is 0 Å². The molecule has 0 fully saturated rings. The molecular weight excluding hydrogens is 252 g/mol. The topological polar surface area (TPSA) is 119 Å². The average molecular weight is 268 g/mol. The standard InChI is InChI=1S/C12H16N2O5/c1-6(2)8(3-11(17)18)14-12(19)7-5-13-10(16)4-9(7)15/h4-6,8H,3H2,1-2H3,(H,14,19)(H,17,18)(H2,13,15,16). The van der Waals surface area contributed by atoms with E-state index in [1.54, 1.807) is 13.8 Å². The molecule has 0 spiro atoms. The van der Waals surface area contributed by atoms with Crippen molar-refractivity contribution < 1.29 is 19.8 Å². The van der Waals surface area contributed by atoms with Crippen molar-refractivity contribution in [3.8, 4) is 5.75 Å². The number of H-pyrrole nitrogens is 1. The Labute approximate surface area is 109 Å². The normalized spacial score (nSPS) is 12.2. The van der Waals surface area contributed by atoms with Crippen LogP contribution in [-0.2, 0) is 4.79 Å². The lowest BCUT2D eigenvalue weighted by Crippen LogP contribution is -2.40. The monoisotopic (exact) mass is 268 g/mol. The Kier molecular flexibility index (Phi) is 4.68. The van der Waals surface area contributed by atoms with Crippen LogP contribution >= 0.6 is 0 Å². The van der Waals surface area contributed by atoms with Crippen molar-refractivity contribution in [3.05, 3.63) is 28.2 Å². The number of nitrogens with one attached hydrogen (secondary N) is 2. The fourth-order valence-electron chi connectivity index (χ4n) is 1.53. The first-order valence-corrected chi connectivity index (χ1v) is 5.75. The predicted molar refractivity (Wildman–Crippen MR) is 67.1 cm³/mol. The number of aromatic hydroxyl groups is 1. The van der Waals surface area contributed by atoms with E-state index in [9.17, 15) is 19.5 Å². The maximum atomic E-state index is 11.9. The highest BCUT2D eigenvalue weighted by Gasteiger charge is 2.21. The number of pyridine rings is 1. The molecule has 1 aromatic heterocycles. The van der Waals surface area contributed by atoms with Crippen LogP contribution in [0.3, 0.4) is 0 Å². The molecule has 1 heterocycles. The van der Waals surface area contributed by atoms with Crippen molar-refractivity contribution in [1.29, 1.82) is 0 Å². The first-order chi connectivity index (χ1) is 8.81. The van der Waals surface area contributed by atoms with E-state index in [0.717, 1.165) is 12.3 Å². The highest BCUT2D eigenvalue weighted by molar-refractivity contribution is 5.96. The molecule has 0 radical (unpaired) electrons. The van der Waals surface area contributed by atoms with Crippen LogP contribution in [-0.4, -0.2) is 33.1 Å². The number of hydrogen-bond donors (Lipinski definition) is 4. The highest BCUT2D eigenvalue weighted by Crippen LogP contribution is 2.14. The van der Waals surface area contributed by atoms with Gasteiger partial charge in [-0.15, -0.1) is 0 Å². The Hall–Kier alpha value is -2.31. The fraction of sp³-hybridized carbons (Fsp3) is 0.417. The van der Waals surface area contributed by atoms with E-state index in [-0.39, 0.29) is 17.9 Å². The maximum Gasteiger partial charge on any atom is 0.305 e. The molecular formula is C12H16N2O5. The van der Waals surface area contributed by atoms with Gasteiger partial charge >= 0.3 is 5.97 Å². The van der Waals surface area contributed by atoms with Crippen LogP contribution < -0.4 is 10.9 Å². The van der Waals surface area contributed by atoms with Gasteiger partial charge in [0.25, 0.3) is 11.5 Å². The van der Waals surface area contributed by atoms with Gasteiger partial charge in [0, 0.05) is 18.3 Å². The Balaban J connectivity index is 2.87. The molecule has 0 saturated carbocycles. The van der Waals surface area contributed by atoms with Crippen molar-refractivity contribution in [1.82, 2.24) is 10.3 Å². The summed E-state index contributed by atoms with van der Waals surface area (Å²) >= 11 is 0. The first kappa shape index (κ1) is 14.7. The number of aromatic nitrogens is 1. The fourth-order valence-corrected chi connectivity index (χ4v) is 1.53. The lowest BCUT2D eigenvalue weighted by Gasteiger charge is -2.20. The smallest absolute Gasteiger partial charge is 0.305 e. The SMILES string of the molecule is CC(C)C(CC(=O)O)NC(=O)c1c[nH]c(=O)cc1O. The minimum Gasteiger partial charge on any atom is -0.507 e. The summed E-state index contributed by atoms with van der Waals surface area (Å²) in [6.45, 7) is 3.56. The number of hydrogen-bond acceptors (Lipinski definition) is 4. The molecule has 7 heteroatoms. The minimum atomic E-state index is -1.02. The summed E-state index contributed by atoms with van der Waals surface area (Å²) in [5, 5.41) is 20.8. The van der Waals surface area contributed by atoms with Gasteiger partial charge in [-0.2, -0.15) is 0 Å². The quantitative estimate of drug-likeness (QED) is 0.612. The molecule has 1 unspecified atom stereocenters. The number of amides is 1. The van der Waals surface area contributed by atoms with Crippen LogP contribution in [0.1, 0.15) is 30.6 Å². The van der Waals surface area contributed by atoms with Crippen molar-refractivity contribution in [3.63, 3.8) is 0 Å². The third-order valence-electron chi connectivity index (χ3n) is 2.66. The number of carboxylic acid groups (broad SMARTS) is 1. The summed E-state index contributed by atoms with van der Waals surface area (Å²) in [5.74, 6) is -2.18. The van der Waals surface area contributed by atoms with Crippen LogP contribution in [0.2, 0.25) is 0 Å². The summed E-state index contributed by atoms with van der Waals surface area (Å²) < 4.78 is 0. The van der Waals surface area contributed by atoms with Crippen LogP contribution in [0.15, 0.2) is 17.1 Å². The predicted octanol–water partition coefficient (Wildman–Crippen LogP) is 0.310. The summed E-state index contributed by atoms with van der Waals surface area (Å²) in [7, 11) is 0. The number of aliphatic carboxylic acids is 1. The molecule has 0 bridgehead atoms. The summed E-state index contributed by atoms with van der Waals surface area (Å²) in [5.41, 5.74) is -0.629. The maximum absolute atomic E-state index is 11.9. The van der Waals surface area contributed by atoms with Gasteiger partial charge in [0.05, 0.1) is 12.0 Å². The van der Waals surface area contributed by atoms with Crippen molar-refractivity contribution in [2.75, 3.05) is 0 Å². The number of carboxylic acids is 1. The molecule has 1 amide bonds. The van der Waals surface area contributed by atoms with E-state index in [1.165, 1.54) is 0 Å². The molecule has 104 valence electrons. The number of aromatic amines is 1. The zero-order valence-electron chi connectivity index (χ0n) is 10.6. The van der Waals surface area contributed by atoms with Crippen LogP contribution in [0.5, 0.6) is 5.75 Å². The van der Waals surface area contributed by atoms with Gasteiger partial charge < -0.3 is 20.5 Å². The van der Waals surface area contributed by atoms with Crippen molar-refractivity contribution in [2.24, 2.45) is 5.92 Å². The Bertz CT molecular complexity index is 535. The van der Waals surface area contributed by atoms with Gasteiger partial charge in [-0.05, 0) is 5.92 Å². The second kappa shape index (κ2) is 6.03. The minimum absolute atomic E-state index is 0.0787. The molecule has 0 aliphatic rings. The average Bonchev–Trinajstić information content (AvgIpc) is 2.26. The molecule has 19 heavy (non-hydrogen) atoms. The molecule has 0 aliphatic carbocycles. The molecule has 7 nitrogen and oxygen atoms in total. The summed E-state index contributed by atoms with van der Waals surface area (Å²) in [4.78, 5) is 35.8. The van der Waals surface area contributed by atoms with E-state index < -0.39 is 29.2 Å². The largest absolute Gasteiger partial charge is 0.507 e. The zero-order valence-corrected chi connectivity index (χ0v) is 10.6. The van der Waals surface area contributed by atoms with E-state index in [4.69, 9.17) is 5.11 Å². The van der Waals surface area contributed by atoms with E-state index in [1.807, 2.05) is 0 Å². The number of carbonyl (C=O) groups is 2. The van der Waals surface area contributed by atoms with Gasteiger partial charge in [-0.25, -0.2) is 0 Å². The van der Waals surface area contributed by atoms with Crippen LogP contribution in [0.4, 0.5) is 0 Å². The van der Waals surface area contributed by atoms with E-state index in [2.05, 4.69) is 10.3 Å². The highest BCUT2D eigenvalue weighted by atomic mass is 16.4. The third-order valence-corrected chi connectivity index (χ3v) is 2.66. The first-order valence-electron chi connectivity index (χ1n) is 5.75. The number of carbonyl (C=O) groups excluding carboxylic acids is 1. The molecule has 4 N–H and O–H groups in total. The van der Waals surface area contributed by atoms with Gasteiger partial charge in [0.15, 0.2) is 0 Å². The second-order valence-electron chi connectivity index (χ2n) is 4.52. The lowest BCUT2D eigenvalue weighted by molar-refractivity contribution is -0.137. The van der Waals surface area contributed by atoms with Gasteiger partial charge in [-0.1, -0.05) is 13.8 Å². The second-order valence-corrected chi connectivity index (χ2v) is 4.52. The lowest BCUT2D eigenvalue weighted by atomic mass is 10.0. The summed E-state index contributed by atoms with van der Waals surface area (Å²) in [6, 6.07) is 0.326. The van der Waals surface area contributed by atoms with Crippen molar-refractivity contribution >= 4 is 11.9 Å². The number of rotatable bonds is 5. The summed E-state index contributed by atoms with van der Waals surface area (Å²) in [6.07, 6.45) is 0.874.